The summed E-state index contributed by atoms with van der Waals surface area (Å²) in [5.74, 6) is -0.203. The first-order valence-corrected chi connectivity index (χ1v) is 9.26. The summed E-state index contributed by atoms with van der Waals surface area (Å²) in [6.07, 6.45) is 3.16. The minimum atomic E-state index is -0.308. The van der Waals surface area contributed by atoms with Gasteiger partial charge in [0.05, 0.1) is 12.5 Å². The van der Waals surface area contributed by atoms with Crippen LogP contribution in [-0.4, -0.2) is 22.9 Å². The van der Waals surface area contributed by atoms with Crippen LogP contribution in [0.4, 0.5) is 0 Å². The maximum atomic E-state index is 12.3. The van der Waals surface area contributed by atoms with Crippen molar-refractivity contribution in [3.8, 4) is 0 Å². The van der Waals surface area contributed by atoms with E-state index in [4.69, 9.17) is 0 Å². The highest BCUT2D eigenvalue weighted by atomic mass is 16.2. The molecule has 0 saturated carbocycles. The lowest BCUT2D eigenvalue weighted by atomic mass is 10.0. The molecule has 0 bridgehead atoms. The van der Waals surface area contributed by atoms with Gasteiger partial charge in [0, 0.05) is 31.7 Å². The minimum Gasteiger partial charge on any atom is -0.356 e. The lowest BCUT2D eigenvalue weighted by Crippen LogP contribution is -2.33. The van der Waals surface area contributed by atoms with Gasteiger partial charge in [-0.15, -0.1) is 0 Å². The fourth-order valence-electron chi connectivity index (χ4n) is 3.25. The molecule has 140 valence electrons. The van der Waals surface area contributed by atoms with Gasteiger partial charge in [0.2, 0.25) is 11.8 Å². The molecule has 0 spiro atoms. The number of amides is 2. The standard InChI is InChI=1S/C22H25N3O2/c1-17(26)24-20(18-8-3-2-4-9-18)16-22(27)23-13-7-14-25-15-12-19-10-5-6-11-21(19)25/h2-6,8-12,15,20H,7,13-14,16H2,1H3,(H,23,27)(H,24,26)/t20-/m0/s1. The molecule has 2 N–H and O–H groups in total. The first-order valence-electron chi connectivity index (χ1n) is 9.26. The zero-order valence-electron chi connectivity index (χ0n) is 15.5. The second-order valence-corrected chi connectivity index (χ2v) is 6.64. The van der Waals surface area contributed by atoms with Crippen molar-refractivity contribution < 1.29 is 9.59 Å². The van der Waals surface area contributed by atoms with Gasteiger partial charge in [-0.1, -0.05) is 48.5 Å². The Kier molecular flexibility index (Phi) is 6.26. The van der Waals surface area contributed by atoms with Gasteiger partial charge in [0.25, 0.3) is 0 Å². The van der Waals surface area contributed by atoms with Crippen molar-refractivity contribution in [1.82, 2.24) is 15.2 Å². The molecule has 0 unspecified atom stereocenters. The zero-order chi connectivity index (χ0) is 19.1. The van der Waals surface area contributed by atoms with E-state index in [9.17, 15) is 9.59 Å². The van der Waals surface area contributed by atoms with E-state index in [2.05, 4.69) is 39.6 Å². The van der Waals surface area contributed by atoms with Crippen LogP contribution in [0, 0.1) is 0 Å². The Hall–Kier alpha value is -3.08. The van der Waals surface area contributed by atoms with Crippen molar-refractivity contribution >= 4 is 22.7 Å². The second kappa shape index (κ2) is 9.03. The molecule has 5 nitrogen and oxygen atoms in total. The average molecular weight is 363 g/mol. The summed E-state index contributed by atoms with van der Waals surface area (Å²) in [6.45, 7) is 2.92. The number of nitrogens with one attached hydrogen (secondary N) is 2. The number of nitrogens with zero attached hydrogens (tertiary/aromatic N) is 1. The quantitative estimate of drug-likeness (QED) is 0.603. The third-order valence-electron chi connectivity index (χ3n) is 4.55. The molecule has 0 radical (unpaired) electrons. The summed E-state index contributed by atoms with van der Waals surface area (Å²) in [4.78, 5) is 23.8. The first-order chi connectivity index (χ1) is 13.1. The molecule has 0 fully saturated rings. The molecule has 1 atom stereocenters. The zero-order valence-corrected chi connectivity index (χ0v) is 15.5. The maximum absolute atomic E-state index is 12.3. The van der Waals surface area contributed by atoms with Crippen LogP contribution in [-0.2, 0) is 16.1 Å². The smallest absolute Gasteiger partial charge is 0.222 e. The van der Waals surface area contributed by atoms with Crippen LogP contribution in [0.1, 0.15) is 31.4 Å². The van der Waals surface area contributed by atoms with Crippen molar-refractivity contribution in [2.75, 3.05) is 6.54 Å². The summed E-state index contributed by atoms with van der Waals surface area (Å²) in [5.41, 5.74) is 2.14. The van der Waals surface area contributed by atoms with Crippen LogP contribution >= 0.6 is 0 Å². The largest absolute Gasteiger partial charge is 0.356 e. The number of carbonyl (C=O) groups excluding carboxylic acids is 2. The van der Waals surface area contributed by atoms with Crippen molar-refractivity contribution in [1.29, 1.82) is 0 Å². The predicted octanol–water partition coefficient (Wildman–Crippen LogP) is 3.42. The second-order valence-electron chi connectivity index (χ2n) is 6.64. The van der Waals surface area contributed by atoms with Gasteiger partial charge < -0.3 is 15.2 Å². The Morgan fingerprint density at radius 3 is 2.52 bits per heavy atom. The highest BCUT2D eigenvalue weighted by molar-refractivity contribution is 5.80. The lowest BCUT2D eigenvalue weighted by molar-refractivity contribution is -0.122. The van der Waals surface area contributed by atoms with Crippen LogP contribution in [0.25, 0.3) is 10.9 Å². The third kappa shape index (κ3) is 5.20. The van der Waals surface area contributed by atoms with Gasteiger partial charge in [0.15, 0.2) is 0 Å². The molecule has 1 aromatic heterocycles. The third-order valence-corrected chi connectivity index (χ3v) is 4.55. The van der Waals surface area contributed by atoms with E-state index < -0.39 is 0 Å². The van der Waals surface area contributed by atoms with Crippen molar-refractivity contribution in [3.63, 3.8) is 0 Å². The molecule has 2 aromatic carbocycles. The van der Waals surface area contributed by atoms with Gasteiger partial charge in [-0.05, 0) is 29.5 Å². The number of rotatable bonds is 8. The molecule has 2 amide bonds. The predicted molar refractivity (Wildman–Crippen MR) is 107 cm³/mol. The molecule has 0 aliphatic heterocycles. The van der Waals surface area contributed by atoms with E-state index in [1.807, 2.05) is 42.5 Å². The van der Waals surface area contributed by atoms with Crippen molar-refractivity contribution in [2.45, 2.75) is 32.4 Å². The van der Waals surface area contributed by atoms with Crippen LogP contribution in [0.15, 0.2) is 66.9 Å². The Labute approximate surface area is 159 Å². The van der Waals surface area contributed by atoms with Gasteiger partial charge in [-0.2, -0.15) is 0 Å². The van der Waals surface area contributed by atoms with Crippen LogP contribution in [0.2, 0.25) is 0 Å². The number of aryl methyl sites for hydroxylation is 1. The molecule has 5 heteroatoms. The highest BCUT2D eigenvalue weighted by Gasteiger charge is 2.16. The van der Waals surface area contributed by atoms with Crippen LogP contribution in [0.5, 0.6) is 0 Å². The fourth-order valence-corrected chi connectivity index (χ4v) is 3.25. The topological polar surface area (TPSA) is 63.1 Å². The molecule has 1 heterocycles. The van der Waals surface area contributed by atoms with Crippen LogP contribution < -0.4 is 10.6 Å². The molecule has 27 heavy (non-hydrogen) atoms. The van der Waals surface area contributed by atoms with E-state index in [1.165, 1.54) is 17.8 Å². The summed E-state index contributed by atoms with van der Waals surface area (Å²) in [6, 6.07) is 19.6. The monoisotopic (exact) mass is 363 g/mol. The SMILES string of the molecule is CC(=O)N[C@@H](CC(=O)NCCCn1ccc2ccccc21)c1ccccc1. The number of fused-ring (bicyclic) bond motifs is 1. The van der Waals surface area contributed by atoms with E-state index in [-0.39, 0.29) is 24.3 Å². The Morgan fingerprint density at radius 1 is 1.00 bits per heavy atom. The number of para-hydroxylation sites is 1. The number of hydrogen-bond donors (Lipinski definition) is 2. The van der Waals surface area contributed by atoms with E-state index in [0.717, 1.165) is 18.5 Å². The Bertz CT molecular complexity index is 902. The van der Waals surface area contributed by atoms with Gasteiger partial charge in [-0.3, -0.25) is 9.59 Å². The summed E-state index contributed by atoms with van der Waals surface area (Å²) in [7, 11) is 0. The number of carbonyl (C=O) groups is 2. The highest BCUT2D eigenvalue weighted by Crippen LogP contribution is 2.17. The van der Waals surface area contributed by atoms with E-state index in [1.54, 1.807) is 0 Å². The Morgan fingerprint density at radius 2 is 1.74 bits per heavy atom. The normalized spacial score (nSPS) is 11.9. The van der Waals surface area contributed by atoms with Gasteiger partial charge >= 0.3 is 0 Å². The molecule has 0 saturated heterocycles. The van der Waals surface area contributed by atoms with E-state index >= 15 is 0 Å². The summed E-state index contributed by atoms with van der Waals surface area (Å²) < 4.78 is 2.20. The molecule has 0 aliphatic rings. The van der Waals surface area contributed by atoms with Gasteiger partial charge in [-0.25, -0.2) is 0 Å². The maximum Gasteiger partial charge on any atom is 0.222 e. The minimum absolute atomic E-state index is 0.0602. The Balaban J connectivity index is 1.48. The molecule has 0 aliphatic carbocycles. The number of hydrogen-bond acceptors (Lipinski definition) is 2. The molecule has 3 rings (SSSR count). The number of aromatic nitrogens is 1. The van der Waals surface area contributed by atoms with Crippen molar-refractivity contribution in [3.05, 3.63) is 72.4 Å². The molecular weight excluding hydrogens is 338 g/mol. The fraction of sp³-hybridized carbons (Fsp3) is 0.273. The van der Waals surface area contributed by atoms with Crippen molar-refractivity contribution in [2.24, 2.45) is 0 Å². The van der Waals surface area contributed by atoms with E-state index in [0.29, 0.717) is 6.54 Å². The number of benzene rings is 2. The van der Waals surface area contributed by atoms with Crippen LogP contribution in [0.3, 0.4) is 0 Å². The summed E-state index contributed by atoms with van der Waals surface area (Å²) >= 11 is 0. The molecular formula is C22H25N3O2. The lowest BCUT2D eigenvalue weighted by Gasteiger charge is -2.18. The van der Waals surface area contributed by atoms with Gasteiger partial charge in [0.1, 0.15) is 0 Å². The summed E-state index contributed by atoms with van der Waals surface area (Å²) in [5, 5.41) is 7.04. The molecule has 3 aromatic rings. The first kappa shape index (κ1) is 18.7. The average Bonchev–Trinajstić information content (AvgIpc) is 3.08.